The lowest BCUT2D eigenvalue weighted by atomic mass is 10.2. The first kappa shape index (κ1) is 12.6. The van der Waals surface area contributed by atoms with Gasteiger partial charge < -0.3 is 10.1 Å². The molecule has 0 fully saturated rings. The van der Waals surface area contributed by atoms with Crippen LogP contribution in [0.4, 0.5) is 5.69 Å². The summed E-state index contributed by atoms with van der Waals surface area (Å²) in [6.07, 6.45) is 1.60. The Hall–Kier alpha value is -1.88. The first-order valence-electron chi connectivity index (χ1n) is 5.27. The molecule has 5 heteroatoms. The SMILES string of the molecule is COc1ncccc1NC(=O)c1ccccc1Br. The minimum absolute atomic E-state index is 0.214. The van der Waals surface area contributed by atoms with Crippen molar-refractivity contribution in [2.45, 2.75) is 0 Å². The molecular formula is C13H11BrN2O2. The molecule has 1 aromatic heterocycles. The van der Waals surface area contributed by atoms with Crippen molar-refractivity contribution in [3.8, 4) is 5.88 Å². The second-order valence-electron chi connectivity index (χ2n) is 3.49. The van der Waals surface area contributed by atoms with Crippen LogP contribution in [0.3, 0.4) is 0 Å². The molecule has 0 bridgehead atoms. The number of pyridine rings is 1. The first-order valence-corrected chi connectivity index (χ1v) is 6.06. The molecule has 0 saturated carbocycles. The maximum atomic E-state index is 12.1. The number of benzene rings is 1. The highest BCUT2D eigenvalue weighted by atomic mass is 79.9. The molecule has 0 spiro atoms. The Labute approximate surface area is 113 Å². The number of nitrogens with one attached hydrogen (secondary N) is 1. The summed E-state index contributed by atoms with van der Waals surface area (Å²) >= 11 is 3.34. The molecule has 1 amide bonds. The molecule has 4 nitrogen and oxygen atoms in total. The van der Waals surface area contributed by atoms with Gasteiger partial charge in [0, 0.05) is 10.7 Å². The Morgan fingerprint density at radius 3 is 2.78 bits per heavy atom. The average Bonchev–Trinajstić information content (AvgIpc) is 2.39. The lowest BCUT2D eigenvalue weighted by molar-refractivity contribution is 0.102. The largest absolute Gasteiger partial charge is 0.480 e. The van der Waals surface area contributed by atoms with Crippen molar-refractivity contribution in [1.29, 1.82) is 0 Å². The highest BCUT2D eigenvalue weighted by Crippen LogP contribution is 2.22. The van der Waals surface area contributed by atoms with E-state index in [2.05, 4.69) is 26.2 Å². The first-order chi connectivity index (χ1) is 8.72. The monoisotopic (exact) mass is 306 g/mol. The molecular weight excluding hydrogens is 296 g/mol. The Balaban J connectivity index is 2.24. The Bertz CT molecular complexity index is 572. The summed E-state index contributed by atoms with van der Waals surface area (Å²) in [7, 11) is 1.51. The molecule has 1 heterocycles. The fourth-order valence-electron chi connectivity index (χ4n) is 1.48. The van der Waals surface area contributed by atoms with Gasteiger partial charge in [-0.15, -0.1) is 0 Å². The van der Waals surface area contributed by atoms with Crippen molar-refractivity contribution in [3.63, 3.8) is 0 Å². The van der Waals surface area contributed by atoms with Gasteiger partial charge in [-0.2, -0.15) is 0 Å². The summed E-state index contributed by atoms with van der Waals surface area (Å²) in [5.41, 5.74) is 1.10. The van der Waals surface area contributed by atoms with Crippen molar-refractivity contribution in [2.24, 2.45) is 0 Å². The van der Waals surface area contributed by atoms with E-state index in [9.17, 15) is 4.79 Å². The van der Waals surface area contributed by atoms with Gasteiger partial charge in [0.05, 0.1) is 12.7 Å². The molecule has 2 rings (SSSR count). The van der Waals surface area contributed by atoms with Gasteiger partial charge in [0.2, 0.25) is 5.88 Å². The van der Waals surface area contributed by atoms with Crippen LogP contribution in [0, 0.1) is 0 Å². The number of nitrogens with zero attached hydrogens (tertiary/aromatic N) is 1. The van der Waals surface area contributed by atoms with Crippen molar-refractivity contribution in [1.82, 2.24) is 4.98 Å². The number of amides is 1. The van der Waals surface area contributed by atoms with Gasteiger partial charge in [0.15, 0.2) is 0 Å². The maximum absolute atomic E-state index is 12.1. The zero-order valence-electron chi connectivity index (χ0n) is 9.68. The van der Waals surface area contributed by atoms with Gasteiger partial charge in [0.25, 0.3) is 5.91 Å². The van der Waals surface area contributed by atoms with Gasteiger partial charge in [-0.3, -0.25) is 4.79 Å². The third-order valence-electron chi connectivity index (χ3n) is 2.33. The number of aromatic nitrogens is 1. The Kier molecular flexibility index (Phi) is 3.94. The topological polar surface area (TPSA) is 51.2 Å². The second-order valence-corrected chi connectivity index (χ2v) is 4.35. The zero-order chi connectivity index (χ0) is 13.0. The Morgan fingerprint density at radius 2 is 2.06 bits per heavy atom. The lowest BCUT2D eigenvalue weighted by Crippen LogP contribution is -2.13. The van der Waals surface area contributed by atoms with Gasteiger partial charge >= 0.3 is 0 Å². The number of hydrogen-bond donors (Lipinski definition) is 1. The summed E-state index contributed by atoms with van der Waals surface area (Å²) in [6.45, 7) is 0. The van der Waals surface area contributed by atoms with E-state index in [1.165, 1.54) is 7.11 Å². The maximum Gasteiger partial charge on any atom is 0.256 e. The molecule has 92 valence electrons. The van der Waals surface area contributed by atoms with E-state index in [1.807, 2.05) is 12.1 Å². The molecule has 0 aliphatic carbocycles. The van der Waals surface area contributed by atoms with Gasteiger partial charge in [-0.25, -0.2) is 4.98 Å². The van der Waals surface area contributed by atoms with Crippen LogP contribution in [-0.2, 0) is 0 Å². The molecule has 0 aliphatic heterocycles. The van der Waals surface area contributed by atoms with Crippen LogP contribution in [0.25, 0.3) is 0 Å². The van der Waals surface area contributed by atoms with Crippen LogP contribution in [0.5, 0.6) is 5.88 Å². The van der Waals surface area contributed by atoms with Crippen LogP contribution in [0.1, 0.15) is 10.4 Å². The predicted molar refractivity (Wildman–Crippen MR) is 72.9 cm³/mol. The lowest BCUT2D eigenvalue weighted by Gasteiger charge is -2.09. The van der Waals surface area contributed by atoms with Gasteiger partial charge in [-0.1, -0.05) is 12.1 Å². The van der Waals surface area contributed by atoms with E-state index < -0.39 is 0 Å². The van der Waals surface area contributed by atoms with Gasteiger partial charge in [-0.05, 0) is 40.2 Å². The van der Waals surface area contributed by atoms with Crippen LogP contribution in [0.15, 0.2) is 47.1 Å². The summed E-state index contributed by atoms with van der Waals surface area (Å²) < 4.78 is 5.82. The molecule has 0 saturated heterocycles. The number of ether oxygens (including phenoxy) is 1. The zero-order valence-corrected chi connectivity index (χ0v) is 11.3. The molecule has 0 atom stereocenters. The number of carbonyl (C=O) groups is 1. The number of methoxy groups -OCH3 is 1. The Morgan fingerprint density at radius 1 is 1.28 bits per heavy atom. The van der Waals surface area contributed by atoms with E-state index in [-0.39, 0.29) is 5.91 Å². The van der Waals surface area contributed by atoms with E-state index in [4.69, 9.17) is 4.74 Å². The molecule has 18 heavy (non-hydrogen) atoms. The van der Waals surface area contributed by atoms with E-state index >= 15 is 0 Å². The number of rotatable bonds is 3. The summed E-state index contributed by atoms with van der Waals surface area (Å²) in [6, 6.07) is 10.7. The highest BCUT2D eigenvalue weighted by Gasteiger charge is 2.12. The van der Waals surface area contributed by atoms with Crippen molar-refractivity contribution >= 4 is 27.5 Å². The smallest absolute Gasteiger partial charge is 0.256 e. The summed E-state index contributed by atoms with van der Waals surface area (Å²) in [5.74, 6) is 0.173. The summed E-state index contributed by atoms with van der Waals surface area (Å²) in [4.78, 5) is 16.1. The van der Waals surface area contributed by atoms with E-state index in [0.717, 1.165) is 4.47 Å². The number of carbonyl (C=O) groups excluding carboxylic acids is 1. The van der Waals surface area contributed by atoms with Gasteiger partial charge in [0.1, 0.15) is 5.69 Å². The van der Waals surface area contributed by atoms with Crippen LogP contribution in [-0.4, -0.2) is 18.0 Å². The predicted octanol–water partition coefficient (Wildman–Crippen LogP) is 3.11. The molecule has 2 aromatic rings. The van der Waals surface area contributed by atoms with Crippen LogP contribution in [0.2, 0.25) is 0 Å². The number of hydrogen-bond acceptors (Lipinski definition) is 3. The minimum Gasteiger partial charge on any atom is -0.480 e. The van der Waals surface area contributed by atoms with E-state index in [1.54, 1.807) is 30.5 Å². The minimum atomic E-state index is -0.214. The number of anilines is 1. The van der Waals surface area contributed by atoms with Crippen molar-refractivity contribution < 1.29 is 9.53 Å². The molecule has 0 unspecified atom stereocenters. The highest BCUT2D eigenvalue weighted by molar-refractivity contribution is 9.10. The average molecular weight is 307 g/mol. The fraction of sp³-hybridized carbons (Fsp3) is 0.0769. The van der Waals surface area contributed by atoms with Crippen molar-refractivity contribution in [3.05, 3.63) is 52.6 Å². The van der Waals surface area contributed by atoms with Crippen LogP contribution < -0.4 is 10.1 Å². The van der Waals surface area contributed by atoms with E-state index in [0.29, 0.717) is 17.1 Å². The third-order valence-corrected chi connectivity index (χ3v) is 3.02. The normalized spacial score (nSPS) is 9.89. The quantitative estimate of drug-likeness (QED) is 0.948. The molecule has 0 radical (unpaired) electrons. The van der Waals surface area contributed by atoms with Crippen LogP contribution >= 0.6 is 15.9 Å². The molecule has 0 aliphatic rings. The molecule has 1 N–H and O–H groups in total. The number of halogens is 1. The fourth-order valence-corrected chi connectivity index (χ4v) is 1.95. The second kappa shape index (κ2) is 5.64. The summed E-state index contributed by atoms with van der Waals surface area (Å²) in [5, 5.41) is 2.76. The molecule has 1 aromatic carbocycles. The standard InChI is InChI=1S/C13H11BrN2O2/c1-18-13-11(7-4-8-15-13)16-12(17)9-5-2-3-6-10(9)14/h2-8H,1H3,(H,16,17). The third kappa shape index (κ3) is 2.68. The van der Waals surface area contributed by atoms with Crippen molar-refractivity contribution in [2.75, 3.05) is 12.4 Å².